The summed E-state index contributed by atoms with van der Waals surface area (Å²) in [4.78, 5) is 38.5. The average Bonchev–Trinajstić information content (AvgIpc) is 2.64. The van der Waals surface area contributed by atoms with Gasteiger partial charge in [0, 0.05) is 29.6 Å². The van der Waals surface area contributed by atoms with Crippen molar-refractivity contribution in [2.24, 2.45) is 17.8 Å². The van der Waals surface area contributed by atoms with E-state index in [1.807, 2.05) is 4.90 Å². The number of methoxy groups -OCH3 is 2. The molecule has 0 radical (unpaired) electrons. The van der Waals surface area contributed by atoms with E-state index in [1.165, 1.54) is 27.2 Å². The first-order valence-electron chi connectivity index (χ1n) is 9.74. The molecule has 1 saturated heterocycles. The summed E-state index contributed by atoms with van der Waals surface area (Å²) < 4.78 is 9.75. The van der Waals surface area contributed by atoms with Crippen LogP contribution in [0.25, 0.3) is 0 Å². The molecule has 28 heavy (non-hydrogen) atoms. The first-order valence-corrected chi connectivity index (χ1v) is 9.74. The van der Waals surface area contributed by atoms with E-state index in [9.17, 15) is 14.4 Å². The molecular weight excluding hydrogens is 360 g/mol. The SMILES string of the molecule is C=C1[C@H]2C[C@H]3C[C@@H](CC[C@@]3(C)N1/C(=C/C(=O)OC)C(=O)OC)C2(C)NC(C)=O. The maximum atomic E-state index is 12.6. The zero-order valence-corrected chi connectivity index (χ0v) is 17.3. The van der Waals surface area contributed by atoms with Crippen LogP contribution in [0.5, 0.6) is 0 Å². The highest BCUT2D eigenvalue weighted by Crippen LogP contribution is 2.61. The molecule has 1 unspecified atom stereocenters. The van der Waals surface area contributed by atoms with Gasteiger partial charge >= 0.3 is 11.9 Å². The van der Waals surface area contributed by atoms with E-state index in [2.05, 4.69) is 25.7 Å². The lowest BCUT2D eigenvalue weighted by Crippen LogP contribution is -2.71. The molecule has 2 aliphatic carbocycles. The Bertz CT molecular complexity index is 760. The number of hydrogen-bond donors (Lipinski definition) is 1. The zero-order valence-electron chi connectivity index (χ0n) is 17.3. The number of likely N-dealkylation sites (tertiary alicyclic amines) is 1. The molecule has 1 heterocycles. The molecule has 0 aromatic carbocycles. The number of hydrogen-bond acceptors (Lipinski definition) is 6. The van der Waals surface area contributed by atoms with E-state index in [0.717, 1.165) is 31.4 Å². The number of amides is 1. The van der Waals surface area contributed by atoms with Crippen LogP contribution in [0.3, 0.4) is 0 Å². The number of ether oxygens (including phenoxy) is 2. The van der Waals surface area contributed by atoms with Crippen molar-refractivity contribution in [3.05, 3.63) is 24.0 Å². The van der Waals surface area contributed by atoms with E-state index >= 15 is 0 Å². The maximum absolute atomic E-state index is 12.6. The van der Waals surface area contributed by atoms with Gasteiger partial charge < -0.3 is 19.7 Å². The van der Waals surface area contributed by atoms with Gasteiger partial charge in [-0.2, -0.15) is 0 Å². The largest absolute Gasteiger partial charge is 0.466 e. The second kappa shape index (κ2) is 6.94. The number of piperidine rings is 1. The highest BCUT2D eigenvalue weighted by molar-refractivity contribution is 5.96. The van der Waals surface area contributed by atoms with Crippen molar-refractivity contribution in [2.45, 2.75) is 57.5 Å². The fourth-order valence-corrected chi connectivity index (χ4v) is 5.84. The van der Waals surface area contributed by atoms with Crippen LogP contribution in [0.2, 0.25) is 0 Å². The van der Waals surface area contributed by atoms with Crippen molar-refractivity contribution in [3.63, 3.8) is 0 Å². The summed E-state index contributed by atoms with van der Waals surface area (Å²) in [7, 11) is 2.57. The van der Waals surface area contributed by atoms with Crippen LogP contribution in [-0.2, 0) is 23.9 Å². The van der Waals surface area contributed by atoms with Gasteiger partial charge in [0.2, 0.25) is 5.91 Å². The maximum Gasteiger partial charge on any atom is 0.354 e. The second-order valence-electron chi connectivity index (χ2n) is 8.65. The number of carbonyl (C=O) groups excluding carboxylic acids is 3. The molecule has 0 aromatic heterocycles. The Balaban J connectivity index is 2.13. The van der Waals surface area contributed by atoms with Crippen LogP contribution >= 0.6 is 0 Å². The molecule has 5 atom stereocenters. The minimum Gasteiger partial charge on any atom is -0.466 e. The van der Waals surface area contributed by atoms with Crippen LogP contribution in [0.4, 0.5) is 0 Å². The van der Waals surface area contributed by atoms with Gasteiger partial charge in [-0.1, -0.05) is 6.58 Å². The normalized spacial score (nSPS) is 36.8. The van der Waals surface area contributed by atoms with E-state index in [-0.39, 0.29) is 23.1 Å². The minimum atomic E-state index is -0.620. The molecule has 3 bridgehead atoms. The predicted molar refractivity (Wildman–Crippen MR) is 103 cm³/mol. The number of esters is 2. The molecule has 1 aliphatic heterocycles. The summed E-state index contributed by atoms with van der Waals surface area (Å²) in [6.07, 6.45) is 4.80. The summed E-state index contributed by atoms with van der Waals surface area (Å²) in [5.74, 6) is -0.633. The smallest absolute Gasteiger partial charge is 0.354 e. The minimum absolute atomic E-state index is 0.0285. The fourth-order valence-electron chi connectivity index (χ4n) is 5.84. The Morgan fingerprint density at radius 3 is 2.43 bits per heavy atom. The Morgan fingerprint density at radius 1 is 1.18 bits per heavy atom. The highest BCUT2D eigenvalue weighted by atomic mass is 16.5. The lowest BCUT2D eigenvalue weighted by atomic mass is 9.50. The highest BCUT2D eigenvalue weighted by Gasteiger charge is 2.62. The van der Waals surface area contributed by atoms with Gasteiger partial charge in [0.05, 0.1) is 20.3 Å². The third-order valence-electron chi connectivity index (χ3n) is 7.28. The van der Waals surface area contributed by atoms with Crippen molar-refractivity contribution in [3.8, 4) is 0 Å². The Hall–Kier alpha value is -2.31. The lowest BCUT2D eigenvalue weighted by Gasteiger charge is -2.66. The first kappa shape index (κ1) is 20.4. The molecule has 154 valence electrons. The van der Waals surface area contributed by atoms with E-state index in [0.29, 0.717) is 11.8 Å². The molecule has 7 nitrogen and oxygen atoms in total. The van der Waals surface area contributed by atoms with Gasteiger partial charge in [0.1, 0.15) is 5.70 Å². The van der Waals surface area contributed by atoms with Gasteiger partial charge in [-0.05, 0) is 51.4 Å². The van der Waals surface area contributed by atoms with Crippen molar-refractivity contribution in [1.82, 2.24) is 10.2 Å². The van der Waals surface area contributed by atoms with E-state index < -0.39 is 17.5 Å². The van der Waals surface area contributed by atoms with Crippen LogP contribution in [-0.4, -0.2) is 48.0 Å². The van der Waals surface area contributed by atoms with Crippen molar-refractivity contribution in [2.75, 3.05) is 14.2 Å². The van der Waals surface area contributed by atoms with Crippen molar-refractivity contribution >= 4 is 17.8 Å². The monoisotopic (exact) mass is 390 g/mol. The molecule has 3 rings (SSSR count). The van der Waals surface area contributed by atoms with Crippen LogP contribution in [0.1, 0.15) is 46.5 Å². The Kier molecular flexibility index (Phi) is 5.06. The molecule has 2 saturated carbocycles. The van der Waals surface area contributed by atoms with E-state index in [4.69, 9.17) is 9.47 Å². The summed E-state index contributed by atoms with van der Waals surface area (Å²) in [5.41, 5.74) is 0.101. The fraction of sp³-hybridized carbons (Fsp3) is 0.667. The molecule has 1 amide bonds. The molecule has 3 aliphatic rings. The first-order chi connectivity index (χ1) is 13.1. The number of nitrogens with zero attached hydrogens (tertiary/aromatic N) is 1. The molecule has 0 aromatic rings. The lowest BCUT2D eigenvalue weighted by molar-refractivity contribution is -0.146. The molecule has 7 heteroatoms. The quantitative estimate of drug-likeness (QED) is 0.585. The van der Waals surface area contributed by atoms with Crippen molar-refractivity contribution < 1.29 is 23.9 Å². The van der Waals surface area contributed by atoms with Gasteiger partial charge in [0.25, 0.3) is 0 Å². The summed E-state index contributed by atoms with van der Waals surface area (Å²) in [6, 6.07) is 0. The molecule has 3 fully saturated rings. The van der Waals surface area contributed by atoms with Gasteiger partial charge in [-0.3, -0.25) is 4.79 Å². The van der Waals surface area contributed by atoms with Crippen LogP contribution < -0.4 is 5.32 Å². The van der Waals surface area contributed by atoms with Crippen LogP contribution in [0, 0.1) is 17.8 Å². The second-order valence-corrected chi connectivity index (χ2v) is 8.65. The van der Waals surface area contributed by atoms with Gasteiger partial charge in [-0.25, -0.2) is 9.59 Å². The summed E-state index contributed by atoms with van der Waals surface area (Å²) >= 11 is 0. The number of fused-ring (bicyclic) bond motifs is 2. The Labute approximate surface area is 166 Å². The van der Waals surface area contributed by atoms with Gasteiger partial charge in [0.15, 0.2) is 0 Å². The summed E-state index contributed by atoms with van der Waals surface area (Å²) in [6.45, 7) is 10.1. The van der Waals surface area contributed by atoms with Crippen LogP contribution in [0.15, 0.2) is 24.0 Å². The molecule has 0 spiro atoms. The van der Waals surface area contributed by atoms with Gasteiger partial charge in [-0.15, -0.1) is 0 Å². The summed E-state index contributed by atoms with van der Waals surface area (Å²) in [5, 5.41) is 3.18. The average molecular weight is 390 g/mol. The zero-order chi connectivity index (χ0) is 20.9. The van der Waals surface area contributed by atoms with E-state index in [1.54, 1.807) is 0 Å². The molecular formula is C21H30N2O5. The van der Waals surface area contributed by atoms with Crippen molar-refractivity contribution in [1.29, 1.82) is 0 Å². The predicted octanol–water partition coefficient (Wildman–Crippen LogP) is 2.14. The standard InChI is InChI=1S/C21H30N2O5/c1-12-16-10-15-9-14(21(16,4)22-13(2)24)7-8-20(15,3)23(12)17(19(26)28-6)11-18(25)27-5/h11,14-16H,1,7-10H2,2-6H3,(H,22,24)/b17-11+/t14-,15-,16-,20-,21?/m1/s1. The number of rotatable bonds is 4. The third-order valence-corrected chi connectivity index (χ3v) is 7.28. The Morgan fingerprint density at radius 2 is 1.86 bits per heavy atom. The number of nitrogens with one attached hydrogen (secondary N) is 1. The third kappa shape index (κ3) is 2.91. The molecule has 1 N–H and O–H groups in total. The topological polar surface area (TPSA) is 84.9 Å². The number of carbonyl (C=O) groups is 3.